The molecule has 1 saturated heterocycles. The summed E-state index contributed by atoms with van der Waals surface area (Å²) in [5.41, 5.74) is -1.34. The van der Waals surface area contributed by atoms with Crippen molar-refractivity contribution in [1.82, 2.24) is 4.90 Å². The molecule has 2 aliphatic rings. The van der Waals surface area contributed by atoms with Crippen molar-refractivity contribution in [3.63, 3.8) is 0 Å². The van der Waals surface area contributed by atoms with E-state index in [2.05, 4.69) is 0 Å². The van der Waals surface area contributed by atoms with Crippen LogP contribution in [0.3, 0.4) is 0 Å². The number of methoxy groups -OCH3 is 1. The van der Waals surface area contributed by atoms with E-state index in [-0.39, 0.29) is 24.2 Å². The molecule has 0 radical (unpaired) electrons. The molecule has 6 heteroatoms. The van der Waals surface area contributed by atoms with Crippen molar-refractivity contribution in [2.45, 2.75) is 52.1 Å². The van der Waals surface area contributed by atoms with Crippen LogP contribution in [0.25, 0.3) is 0 Å². The Bertz CT molecular complexity index is 481. The molecule has 1 aliphatic heterocycles. The topological polar surface area (TPSA) is 72.9 Å². The smallest absolute Gasteiger partial charge is 0.410 e. The highest BCUT2D eigenvalue weighted by Crippen LogP contribution is 2.46. The highest BCUT2D eigenvalue weighted by molar-refractivity contribution is 5.86. The second-order valence-electron chi connectivity index (χ2n) is 7.28. The van der Waals surface area contributed by atoms with Gasteiger partial charge in [0, 0.05) is 25.9 Å². The van der Waals surface area contributed by atoms with Crippen LogP contribution in [0.15, 0.2) is 0 Å². The molecule has 0 aromatic heterocycles. The van der Waals surface area contributed by atoms with Crippen LogP contribution in [0.4, 0.5) is 4.79 Å². The maximum atomic E-state index is 12.4. The lowest BCUT2D eigenvalue weighted by Crippen LogP contribution is -2.57. The molecular formula is C16H25NO5. The number of esters is 1. The van der Waals surface area contributed by atoms with Crippen LogP contribution in [0.2, 0.25) is 0 Å². The standard InChI is InChI=1S/C16H25NO5/c1-15(2,3)22-14(20)17-8-6-11-9-12(18)5-7-16(11,10-17)13(19)21-4/h11H,5-10H2,1-4H3/t11-,16-/m0/s1. The Morgan fingerprint density at radius 3 is 2.59 bits per heavy atom. The van der Waals surface area contributed by atoms with Crippen LogP contribution < -0.4 is 0 Å². The molecule has 0 aromatic carbocycles. The van der Waals surface area contributed by atoms with Gasteiger partial charge in [-0.1, -0.05) is 0 Å². The predicted molar refractivity (Wildman–Crippen MR) is 79.2 cm³/mol. The molecule has 2 rings (SSSR count). The predicted octanol–water partition coefficient (Wildman–Crippen LogP) is 2.16. The molecule has 0 spiro atoms. The molecule has 0 unspecified atom stereocenters. The maximum Gasteiger partial charge on any atom is 0.410 e. The van der Waals surface area contributed by atoms with E-state index < -0.39 is 17.1 Å². The van der Waals surface area contributed by atoms with Gasteiger partial charge in [0.2, 0.25) is 0 Å². The average Bonchev–Trinajstić information content (AvgIpc) is 2.44. The number of fused-ring (bicyclic) bond motifs is 1. The Labute approximate surface area is 131 Å². The highest BCUT2D eigenvalue weighted by atomic mass is 16.6. The molecule has 1 saturated carbocycles. The number of ether oxygens (including phenoxy) is 2. The van der Waals surface area contributed by atoms with Gasteiger partial charge in [0.05, 0.1) is 12.5 Å². The lowest BCUT2D eigenvalue weighted by molar-refractivity contribution is -0.165. The van der Waals surface area contributed by atoms with Crippen LogP contribution >= 0.6 is 0 Å². The van der Waals surface area contributed by atoms with Crippen LogP contribution in [0.5, 0.6) is 0 Å². The molecule has 1 heterocycles. The number of hydrogen-bond acceptors (Lipinski definition) is 5. The largest absolute Gasteiger partial charge is 0.469 e. The molecule has 0 N–H and O–H groups in total. The number of nitrogens with zero attached hydrogens (tertiary/aromatic N) is 1. The van der Waals surface area contributed by atoms with Crippen molar-refractivity contribution in [3.05, 3.63) is 0 Å². The first kappa shape index (κ1) is 16.8. The summed E-state index contributed by atoms with van der Waals surface area (Å²) in [6.07, 6.45) is 1.43. The van der Waals surface area contributed by atoms with Crippen molar-refractivity contribution in [2.24, 2.45) is 11.3 Å². The van der Waals surface area contributed by atoms with Crippen LogP contribution in [0.1, 0.15) is 46.5 Å². The van der Waals surface area contributed by atoms with Crippen LogP contribution in [0, 0.1) is 11.3 Å². The fourth-order valence-corrected chi connectivity index (χ4v) is 3.48. The summed E-state index contributed by atoms with van der Waals surface area (Å²) in [6.45, 7) is 6.21. The van der Waals surface area contributed by atoms with Crippen molar-refractivity contribution in [3.8, 4) is 0 Å². The van der Waals surface area contributed by atoms with E-state index in [0.717, 1.165) is 0 Å². The first-order chi connectivity index (χ1) is 10.2. The zero-order valence-corrected chi connectivity index (χ0v) is 13.8. The Hall–Kier alpha value is -1.59. The zero-order valence-electron chi connectivity index (χ0n) is 13.8. The van der Waals surface area contributed by atoms with Crippen molar-refractivity contribution < 1.29 is 23.9 Å². The lowest BCUT2D eigenvalue weighted by atomic mass is 9.62. The number of carbonyl (C=O) groups is 3. The van der Waals surface area contributed by atoms with E-state index in [9.17, 15) is 14.4 Å². The number of likely N-dealkylation sites (tertiary alicyclic amines) is 1. The van der Waals surface area contributed by atoms with Gasteiger partial charge in [-0.2, -0.15) is 0 Å². The summed E-state index contributed by atoms with van der Waals surface area (Å²) in [4.78, 5) is 38.0. The summed E-state index contributed by atoms with van der Waals surface area (Å²) >= 11 is 0. The fraction of sp³-hybridized carbons (Fsp3) is 0.812. The zero-order chi connectivity index (χ0) is 16.5. The van der Waals surface area contributed by atoms with Gasteiger partial charge in [-0.25, -0.2) is 4.79 Å². The quantitative estimate of drug-likeness (QED) is 0.694. The van der Waals surface area contributed by atoms with E-state index >= 15 is 0 Å². The fourth-order valence-electron chi connectivity index (χ4n) is 3.48. The molecule has 0 aromatic rings. The summed E-state index contributed by atoms with van der Waals surface area (Å²) in [7, 11) is 1.36. The van der Waals surface area contributed by atoms with Gasteiger partial charge in [-0.15, -0.1) is 0 Å². The Balaban J connectivity index is 2.19. The third-order valence-electron chi connectivity index (χ3n) is 4.57. The molecule has 22 heavy (non-hydrogen) atoms. The summed E-state index contributed by atoms with van der Waals surface area (Å²) in [6, 6.07) is 0. The molecule has 1 aliphatic carbocycles. The van der Waals surface area contributed by atoms with Crippen molar-refractivity contribution in [2.75, 3.05) is 20.2 Å². The van der Waals surface area contributed by atoms with Crippen molar-refractivity contribution in [1.29, 1.82) is 0 Å². The first-order valence-corrected chi connectivity index (χ1v) is 7.76. The van der Waals surface area contributed by atoms with Gasteiger partial charge < -0.3 is 14.4 Å². The van der Waals surface area contributed by atoms with Crippen molar-refractivity contribution >= 4 is 17.8 Å². The van der Waals surface area contributed by atoms with Crippen LogP contribution in [-0.2, 0) is 19.1 Å². The van der Waals surface area contributed by atoms with Gasteiger partial charge >= 0.3 is 12.1 Å². The Morgan fingerprint density at radius 2 is 2.00 bits per heavy atom. The van der Waals surface area contributed by atoms with Crippen LogP contribution in [-0.4, -0.2) is 48.5 Å². The number of carbonyl (C=O) groups excluding carboxylic acids is 3. The number of rotatable bonds is 1. The first-order valence-electron chi connectivity index (χ1n) is 7.76. The molecule has 124 valence electrons. The highest BCUT2D eigenvalue weighted by Gasteiger charge is 2.53. The Kier molecular flexibility index (Phi) is 4.49. The van der Waals surface area contributed by atoms with Gasteiger partial charge in [0.25, 0.3) is 0 Å². The molecule has 6 nitrogen and oxygen atoms in total. The lowest BCUT2D eigenvalue weighted by Gasteiger charge is -2.48. The molecule has 1 amide bonds. The minimum Gasteiger partial charge on any atom is -0.469 e. The summed E-state index contributed by atoms with van der Waals surface area (Å²) < 4.78 is 10.4. The van der Waals surface area contributed by atoms with Gasteiger partial charge in [-0.3, -0.25) is 9.59 Å². The van der Waals surface area contributed by atoms with Gasteiger partial charge in [-0.05, 0) is 39.5 Å². The normalized spacial score (nSPS) is 28.8. The third-order valence-corrected chi connectivity index (χ3v) is 4.57. The van der Waals surface area contributed by atoms with E-state index in [4.69, 9.17) is 9.47 Å². The number of hydrogen-bond donors (Lipinski definition) is 0. The molecule has 0 bridgehead atoms. The second kappa shape index (κ2) is 5.89. The molecule has 2 fully saturated rings. The summed E-state index contributed by atoms with van der Waals surface area (Å²) in [5, 5.41) is 0. The third kappa shape index (κ3) is 3.25. The van der Waals surface area contributed by atoms with E-state index in [1.807, 2.05) is 20.8 Å². The van der Waals surface area contributed by atoms with Gasteiger partial charge in [0.15, 0.2) is 0 Å². The summed E-state index contributed by atoms with van der Waals surface area (Å²) in [5.74, 6) is -0.173. The Morgan fingerprint density at radius 1 is 1.32 bits per heavy atom. The number of ketones is 1. The molecular weight excluding hydrogens is 286 g/mol. The average molecular weight is 311 g/mol. The van der Waals surface area contributed by atoms with Gasteiger partial charge in [0.1, 0.15) is 11.4 Å². The minimum atomic E-state index is -0.766. The minimum absolute atomic E-state index is 0.0418. The van der Waals surface area contributed by atoms with E-state index in [0.29, 0.717) is 32.2 Å². The van der Waals surface area contributed by atoms with E-state index in [1.165, 1.54) is 7.11 Å². The van der Waals surface area contributed by atoms with E-state index in [1.54, 1.807) is 4.90 Å². The number of amides is 1. The molecule has 2 atom stereocenters. The maximum absolute atomic E-state index is 12.4. The number of Topliss-reactive ketones (excluding diaryl/α,β-unsaturated/α-hetero) is 1. The number of piperidine rings is 1. The second-order valence-corrected chi connectivity index (χ2v) is 7.28. The SMILES string of the molecule is COC(=O)[C@]12CCC(=O)C[C@@H]1CCN(C(=O)OC(C)(C)C)C2. The monoisotopic (exact) mass is 311 g/mol.